The van der Waals surface area contributed by atoms with Gasteiger partial charge in [0.1, 0.15) is 0 Å². The first-order valence-corrected chi connectivity index (χ1v) is 6.88. The van der Waals surface area contributed by atoms with Crippen molar-refractivity contribution >= 4 is 17.1 Å². The van der Waals surface area contributed by atoms with Crippen molar-refractivity contribution in [1.82, 2.24) is 4.98 Å². The fourth-order valence-electron chi connectivity index (χ4n) is 2.62. The van der Waals surface area contributed by atoms with Crippen LogP contribution >= 0.6 is 0 Å². The highest BCUT2D eigenvalue weighted by Gasteiger charge is 2.49. The third kappa shape index (κ3) is 2.19. The van der Waals surface area contributed by atoms with Crippen LogP contribution in [0.2, 0.25) is 0 Å². The standard InChI is InChI=1S/C17H14N4O/c18-17(13-6-2-1-3-7-13)15(21-19)10-12(11-16(17)22)14-8-4-5-9-20-14/h1-10H,11,18H2. The molecule has 2 N–H and O–H groups in total. The van der Waals surface area contributed by atoms with Crippen LogP contribution in [0.4, 0.5) is 0 Å². The summed E-state index contributed by atoms with van der Waals surface area (Å²) in [4.78, 5) is 20.2. The third-order valence-electron chi connectivity index (χ3n) is 3.84. The summed E-state index contributed by atoms with van der Waals surface area (Å²) < 4.78 is 0. The number of ketones is 1. The van der Waals surface area contributed by atoms with E-state index < -0.39 is 5.54 Å². The van der Waals surface area contributed by atoms with Gasteiger partial charge in [0.25, 0.3) is 0 Å². The molecule has 3 rings (SSSR count). The second kappa shape index (κ2) is 5.48. The van der Waals surface area contributed by atoms with Crippen LogP contribution in [0.25, 0.3) is 11.1 Å². The third-order valence-corrected chi connectivity index (χ3v) is 3.84. The predicted molar refractivity (Wildman–Crippen MR) is 82.8 cm³/mol. The summed E-state index contributed by atoms with van der Waals surface area (Å²) in [6.07, 6.45) is 3.43. The Morgan fingerprint density at radius 2 is 1.86 bits per heavy atom. The van der Waals surface area contributed by atoms with E-state index >= 15 is 0 Å². The number of rotatable bonds is 2. The number of aromatic nitrogens is 1. The van der Waals surface area contributed by atoms with E-state index in [0.29, 0.717) is 16.8 Å². The maximum atomic E-state index is 12.7. The van der Waals surface area contributed by atoms with Crippen LogP contribution in [0.15, 0.2) is 60.8 Å². The highest BCUT2D eigenvalue weighted by atomic mass is 16.1. The van der Waals surface area contributed by atoms with Gasteiger partial charge < -0.3 is 11.3 Å². The van der Waals surface area contributed by atoms with Gasteiger partial charge in [0.05, 0.1) is 5.69 Å². The zero-order chi connectivity index (χ0) is 15.6. The second-order valence-corrected chi connectivity index (χ2v) is 5.14. The van der Waals surface area contributed by atoms with E-state index in [9.17, 15) is 10.3 Å². The molecule has 0 bridgehead atoms. The Bertz CT molecular complexity index is 792. The summed E-state index contributed by atoms with van der Waals surface area (Å²) in [6, 6.07) is 14.4. The number of hydrogen-bond acceptors (Lipinski definition) is 3. The normalized spacial score (nSPS) is 21.2. The molecule has 22 heavy (non-hydrogen) atoms. The molecule has 0 spiro atoms. The van der Waals surface area contributed by atoms with Gasteiger partial charge in [0.15, 0.2) is 5.78 Å². The number of nitrogens with zero attached hydrogens (tertiary/aromatic N) is 3. The highest BCUT2D eigenvalue weighted by molar-refractivity contribution is 6.23. The first kappa shape index (κ1) is 14.1. The Morgan fingerprint density at radius 3 is 2.50 bits per heavy atom. The van der Waals surface area contributed by atoms with Gasteiger partial charge in [-0.15, -0.1) is 0 Å². The summed E-state index contributed by atoms with van der Waals surface area (Å²) in [5, 5.41) is 0. The number of pyridine rings is 1. The van der Waals surface area contributed by atoms with Gasteiger partial charge in [0, 0.05) is 18.7 Å². The molecular formula is C17H14N4O. The maximum absolute atomic E-state index is 12.7. The molecule has 1 aliphatic carbocycles. The van der Waals surface area contributed by atoms with Crippen LogP contribution in [0.5, 0.6) is 0 Å². The highest BCUT2D eigenvalue weighted by Crippen LogP contribution is 2.32. The number of carbonyl (C=O) groups is 1. The average Bonchev–Trinajstić information content (AvgIpc) is 2.58. The van der Waals surface area contributed by atoms with Gasteiger partial charge in [-0.3, -0.25) is 9.78 Å². The molecule has 0 fully saturated rings. The molecule has 2 aromatic rings. The molecule has 1 unspecified atom stereocenters. The number of Topliss-reactive ketones (excluding diaryl/α,β-unsaturated/α-hetero) is 1. The average molecular weight is 290 g/mol. The minimum absolute atomic E-state index is 0.121. The zero-order valence-electron chi connectivity index (χ0n) is 11.8. The Balaban J connectivity index is 2.12. The topological polar surface area (TPSA) is 92.4 Å². The molecule has 0 radical (unpaired) electrons. The van der Waals surface area contributed by atoms with Crippen LogP contribution in [-0.4, -0.2) is 21.3 Å². The second-order valence-electron chi connectivity index (χ2n) is 5.14. The molecule has 1 heterocycles. The molecule has 0 saturated carbocycles. The van der Waals surface area contributed by atoms with Gasteiger partial charge in [-0.1, -0.05) is 36.4 Å². The van der Waals surface area contributed by atoms with E-state index in [0.717, 1.165) is 0 Å². The van der Waals surface area contributed by atoms with Crippen LogP contribution in [-0.2, 0) is 10.3 Å². The summed E-state index contributed by atoms with van der Waals surface area (Å²) in [5.41, 5.74) is 16.3. The lowest BCUT2D eigenvalue weighted by Gasteiger charge is -2.27. The molecule has 1 atom stereocenters. The van der Waals surface area contributed by atoms with Gasteiger partial charge in [-0.2, -0.15) is 4.79 Å². The minimum atomic E-state index is -1.44. The van der Waals surface area contributed by atoms with E-state index in [-0.39, 0.29) is 17.9 Å². The van der Waals surface area contributed by atoms with Crippen molar-refractivity contribution in [2.45, 2.75) is 12.0 Å². The molecule has 1 aliphatic rings. The van der Waals surface area contributed by atoms with Crippen molar-refractivity contribution in [3.63, 3.8) is 0 Å². The summed E-state index contributed by atoms with van der Waals surface area (Å²) >= 11 is 0. The lowest BCUT2D eigenvalue weighted by molar-refractivity contribution is -0.122. The lowest BCUT2D eigenvalue weighted by atomic mass is 9.75. The molecular weight excluding hydrogens is 276 g/mol. The Morgan fingerprint density at radius 1 is 1.14 bits per heavy atom. The van der Waals surface area contributed by atoms with E-state index in [1.165, 1.54) is 0 Å². The van der Waals surface area contributed by atoms with Crippen molar-refractivity contribution < 1.29 is 9.58 Å². The Labute approximate surface area is 127 Å². The molecule has 0 aliphatic heterocycles. The van der Waals surface area contributed by atoms with Crippen molar-refractivity contribution in [1.29, 1.82) is 0 Å². The monoisotopic (exact) mass is 290 g/mol. The van der Waals surface area contributed by atoms with E-state index in [2.05, 4.69) is 9.77 Å². The zero-order valence-corrected chi connectivity index (χ0v) is 11.8. The van der Waals surface area contributed by atoms with Gasteiger partial charge in [0.2, 0.25) is 5.54 Å². The first-order valence-electron chi connectivity index (χ1n) is 6.88. The number of hydrogen-bond donors (Lipinski definition) is 1. The molecule has 1 aromatic heterocycles. The van der Waals surface area contributed by atoms with Crippen molar-refractivity contribution in [2.75, 3.05) is 0 Å². The molecule has 5 heteroatoms. The first-order chi connectivity index (χ1) is 10.7. The molecule has 108 valence electrons. The number of benzene rings is 1. The van der Waals surface area contributed by atoms with Gasteiger partial charge in [-0.05, 0) is 23.3 Å². The van der Waals surface area contributed by atoms with Crippen molar-refractivity contribution in [3.8, 4) is 0 Å². The van der Waals surface area contributed by atoms with Gasteiger partial charge >= 0.3 is 5.71 Å². The quantitative estimate of drug-likeness (QED) is 0.677. The smallest absolute Gasteiger partial charge is 0.324 e. The molecule has 0 saturated heterocycles. The maximum Gasteiger partial charge on any atom is 0.324 e. The fourth-order valence-corrected chi connectivity index (χ4v) is 2.62. The van der Waals surface area contributed by atoms with E-state index in [1.807, 2.05) is 12.1 Å². The van der Waals surface area contributed by atoms with Crippen molar-refractivity contribution in [3.05, 3.63) is 77.6 Å². The van der Waals surface area contributed by atoms with Crippen LogP contribution < -0.4 is 5.73 Å². The SMILES string of the molecule is [N-]=[N+]=C1C=C(c2ccccn2)CC(=O)C1(N)c1ccccc1. The minimum Gasteiger partial charge on any atom is -0.361 e. The Kier molecular flexibility index (Phi) is 3.51. The summed E-state index contributed by atoms with van der Waals surface area (Å²) in [7, 11) is 0. The lowest BCUT2D eigenvalue weighted by Crippen LogP contribution is -2.53. The number of carbonyl (C=O) groups excluding carboxylic acids is 1. The molecule has 5 nitrogen and oxygen atoms in total. The van der Waals surface area contributed by atoms with Crippen molar-refractivity contribution in [2.24, 2.45) is 5.73 Å². The fraction of sp³-hybridized carbons (Fsp3) is 0.118. The number of nitrogens with two attached hydrogens (primary N) is 1. The van der Waals surface area contributed by atoms with Crippen LogP contribution in [0.3, 0.4) is 0 Å². The summed E-state index contributed by atoms with van der Waals surface area (Å²) in [6.45, 7) is 0. The van der Waals surface area contributed by atoms with E-state index in [4.69, 9.17) is 5.73 Å². The van der Waals surface area contributed by atoms with Crippen LogP contribution in [0, 0.1) is 0 Å². The predicted octanol–water partition coefficient (Wildman–Crippen LogP) is 1.96. The summed E-state index contributed by atoms with van der Waals surface area (Å²) in [5.74, 6) is -0.227. The van der Waals surface area contributed by atoms with Gasteiger partial charge in [-0.25, -0.2) is 0 Å². The van der Waals surface area contributed by atoms with Crippen LogP contribution in [0.1, 0.15) is 17.7 Å². The molecule has 0 amide bonds. The number of allylic oxidation sites excluding steroid dienone is 1. The van der Waals surface area contributed by atoms with E-state index in [1.54, 1.807) is 48.7 Å². The molecule has 1 aromatic carbocycles. The Hall–Kier alpha value is -2.88. The largest absolute Gasteiger partial charge is 0.361 e.